The van der Waals surface area contributed by atoms with Crippen LogP contribution in [0.4, 0.5) is 0 Å². The van der Waals surface area contributed by atoms with Crippen molar-refractivity contribution in [3.05, 3.63) is 35.4 Å². The average molecular weight is 258 g/mol. The highest BCUT2D eigenvalue weighted by Crippen LogP contribution is 2.23. The first-order chi connectivity index (χ1) is 9.43. The molecule has 0 radical (unpaired) electrons. The summed E-state index contributed by atoms with van der Waals surface area (Å²) >= 11 is 0. The molecule has 1 aliphatic heterocycles. The third kappa shape index (κ3) is 3.16. The van der Waals surface area contributed by atoms with Crippen molar-refractivity contribution in [2.24, 2.45) is 4.99 Å². The van der Waals surface area contributed by atoms with Gasteiger partial charge >= 0.3 is 0 Å². The molecular weight excluding hydrogens is 236 g/mol. The third-order valence-corrected chi connectivity index (χ3v) is 3.95. The Bertz CT molecular complexity index is 450. The minimum atomic E-state index is 0.467. The molecule has 0 saturated heterocycles. The Hall–Kier alpha value is -1.35. The molecule has 3 nitrogen and oxygen atoms in total. The second kappa shape index (κ2) is 6.20. The topological polar surface area (TPSA) is 33.6 Å². The first kappa shape index (κ1) is 12.7. The first-order valence-electron chi connectivity index (χ1n) is 7.42. The standard InChI is InChI=1S/C16H22N2O/c1-4-9-15(16-17-10-5-11-18-16)13(6-1)12-19-14-7-2-3-8-14/h1,4,6,9,14H,2-3,5,7-8,10-12H2,(H,17,18). The summed E-state index contributed by atoms with van der Waals surface area (Å²) < 4.78 is 6.04. The summed E-state index contributed by atoms with van der Waals surface area (Å²) in [4.78, 5) is 4.59. The van der Waals surface area contributed by atoms with Crippen LogP contribution in [0.2, 0.25) is 0 Å². The van der Waals surface area contributed by atoms with Crippen molar-refractivity contribution < 1.29 is 4.74 Å². The number of ether oxygens (including phenoxy) is 1. The fraction of sp³-hybridized carbons (Fsp3) is 0.562. The number of benzene rings is 1. The third-order valence-electron chi connectivity index (χ3n) is 3.95. The van der Waals surface area contributed by atoms with Gasteiger partial charge in [-0.25, -0.2) is 0 Å². The molecule has 2 aliphatic rings. The van der Waals surface area contributed by atoms with E-state index in [1.54, 1.807) is 0 Å². The predicted molar refractivity (Wildman–Crippen MR) is 77.5 cm³/mol. The highest BCUT2D eigenvalue weighted by Gasteiger charge is 2.17. The molecule has 19 heavy (non-hydrogen) atoms. The lowest BCUT2D eigenvalue weighted by Crippen LogP contribution is -2.31. The van der Waals surface area contributed by atoms with Crippen molar-refractivity contribution in [3.8, 4) is 0 Å². The van der Waals surface area contributed by atoms with Gasteiger partial charge in [0.1, 0.15) is 5.84 Å². The van der Waals surface area contributed by atoms with Crippen LogP contribution in [0.5, 0.6) is 0 Å². The minimum absolute atomic E-state index is 0.467. The quantitative estimate of drug-likeness (QED) is 0.901. The van der Waals surface area contributed by atoms with Crippen LogP contribution in [0.1, 0.15) is 43.2 Å². The van der Waals surface area contributed by atoms with E-state index in [0.717, 1.165) is 25.3 Å². The molecule has 1 saturated carbocycles. The van der Waals surface area contributed by atoms with Crippen molar-refractivity contribution in [1.82, 2.24) is 5.32 Å². The van der Waals surface area contributed by atoms with Crippen LogP contribution in [-0.2, 0) is 11.3 Å². The summed E-state index contributed by atoms with van der Waals surface area (Å²) in [6.45, 7) is 2.67. The summed E-state index contributed by atoms with van der Waals surface area (Å²) in [5.74, 6) is 1.04. The molecule has 1 N–H and O–H groups in total. The molecule has 0 spiro atoms. The van der Waals surface area contributed by atoms with E-state index in [2.05, 4.69) is 34.6 Å². The van der Waals surface area contributed by atoms with Gasteiger partial charge in [-0.3, -0.25) is 4.99 Å². The van der Waals surface area contributed by atoms with Crippen molar-refractivity contribution in [1.29, 1.82) is 0 Å². The molecule has 1 aromatic rings. The van der Waals surface area contributed by atoms with Crippen LogP contribution in [0.25, 0.3) is 0 Å². The van der Waals surface area contributed by atoms with Crippen molar-refractivity contribution >= 4 is 5.84 Å². The van der Waals surface area contributed by atoms with Gasteiger partial charge in [-0.1, -0.05) is 37.1 Å². The second-order valence-electron chi connectivity index (χ2n) is 5.39. The molecule has 1 aromatic carbocycles. The molecule has 0 unspecified atom stereocenters. The van der Waals surface area contributed by atoms with Crippen molar-refractivity contribution in [3.63, 3.8) is 0 Å². The minimum Gasteiger partial charge on any atom is -0.374 e. The van der Waals surface area contributed by atoms with Crippen LogP contribution in [0, 0.1) is 0 Å². The van der Waals surface area contributed by atoms with Gasteiger partial charge < -0.3 is 10.1 Å². The Kier molecular flexibility index (Phi) is 4.13. The molecule has 0 aromatic heterocycles. The van der Waals surface area contributed by atoms with Crippen molar-refractivity contribution in [2.45, 2.75) is 44.8 Å². The Labute approximate surface area is 115 Å². The number of aliphatic imine (C=N–C) groups is 1. The van der Waals surface area contributed by atoms with Crippen LogP contribution in [0.15, 0.2) is 29.3 Å². The van der Waals surface area contributed by atoms with E-state index in [9.17, 15) is 0 Å². The molecule has 3 rings (SSSR count). The summed E-state index contributed by atoms with van der Waals surface area (Å²) in [6, 6.07) is 8.46. The van der Waals surface area contributed by atoms with E-state index >= 15 is 0 Å². The zero-order valence-electron chi connectivity index (χ0n) is 11.4. The number of amidine groups is 1. The van der Waals surface area contributed by atoms with E-state index < -0.39 is 0 Å². The number of rotatable bonds is 4. The molecule has 0 atom stereocenters. The summed E-state index contributed by atoms with van der Waals surface area (Å²) in [5, 5.41) is 3.40. The molecule has 0 amide bonds. The second-order valence-corrected chi connectivity index (χ2v) is 5.39. The largest absolute Gasteiger partial charge is 0.374 e. The van der Waals surface area contributed by atoms with Crippen LogP contribution in [-0.4, -0.2) is 25.0 Å². The lowest BCUT2D eigenvalue weighted by atomic mass is 10.1. The SMILES string of the molecule is c1ccc(C2=NCCCN2)c(COC2CCCC2)c1. The molecule has 3 heteroatoms. The van der Waals surface area contributed by atoms with Gasteiger partial charge in [-0.05, 0) is 24.8 Å². The van der Waals surface area contributed by atoms with Crippen LogP contribution in [0.3, 0.4) is 0 Å². The maximum absolute atomic E-state index is 6.04. The van der Waals surface area contributed by atoms with E-state index in [0.29, 0.717) is 12.7 Å². The van der Waals surface area contributed by atoms with E-state index in [1.165, 1.54) is 36.8 Å². The average Bonchev–Trinajstić information content (AvgIpc) is 3.00. The van der Waals surface area contributed by atoms with Gasteiger partial charge in [0.2, 0.25) is 0 Å². The Morgan fingerprint density at radius 2 is 2.00 bits per heavy atom. The number of nitrogens with zero attached hydrogens (tertiary/aromatic N) is 1. The normalized spacial score (nSPS) is 20.1. The number of hydrogen-bond acceptors (Lipinski definition) is 3. The maximum Gasteiger partial charge on any atom is 0.128 e. The molecule has 1 aliphatic carbocycles. The molecule has 102 valence electrons. The lowest BCUT2D eigenvalue weighted by molar-refractivity contribution is 0.0456. The van der Waals surface area contributed by atoms with Gasteiger partial charge in [0.05, 0.1) is 12.7 Å². The van der Waals surface area contributed by atoms with Crippen LogP contribution < -0.4 is 5.32 Å². The van der Waals surface area contributed by atoms with Gasteiger partial charge in [-0.15, -0.1) is 0 Å². The molecule has 1 fully saturated rings. The molecule has 0 bridgehead atoms. The fourth-order valence-electron chi connectivity index (χ4n) is 2.85. The first-order valence-corrected chi connectivity index (χ1v) is 7.42. The van der Waals surface area contributed by atoms with Crippen LogP contribution >= 0.6 is 0 Å². The van der Waals surface area contributed by atoms with E-state index in [-0.39, 0.29) is 0 Å². The van der Waals surface area contributed by atoms with Gasteiger partial charge in [-0.2, -0.15) is 0 Å². The highest BCUT2D eigenvalue weighted by molar-refractivity contribution is 6.00. The zero-order chi connectivity index (χ0) is 12.9. The summed E-state index contributed by atoms with van der Waals surface area (Å²) in [5.41, 5.74) is 2.46. The number of hydrogen-bond donors (Lipinski definition) is 1. The Morgan fingerprint density at radius 3 is 2.79 bits per heavy atom. The highest BCUT2D eigenvalue weighted by atomic mass is 16.5. The van der Waals surface area contributed by atoms with E-state index in [4.69, 9.17) is 4.74 Å². The zero-order valence-corrected chi connectivity index (χ0v) is 11.4. The Morgan fingerprint density at radius 1 is 1.16 bits per heavy atom. The van der Waals surface area contributed by atoms with Gasteiger partial charge in [0.15, 0.2) is 0 Å². The number of nitrogens with one attached hydrogen (secondary N) is 1. The van der Waals surface area contributed by atoms with Gasteiger partial charge in [0.25, 0.3) is 0 Å². The summed E-state index contributed by atoms with van der Waals surface area (Å²) in [7, 11) is 0. The predicted octanol–water partition coefficient (Wildman–Crippen LogP) is 2.89. The lowest BCUT2D eigenvalue weighted by Gasteiger charge is -2.18. The maximum atomic E-state index is 6.04. The van der Waals surface area contributed by atoms with Crippen molar-refractivity contribution in [2.75, 3.05) is 13.1 Å². The molecule has 1 heterocycles. The van der Waals surface area contributed by atoms with Gasteiger partial charge in [0, 0.05) is 18.7 Å². The summed E-state index contributed by atoms with van der Waals surface area (Å²) in [6.07, 6.45) is 6.68. The Balaban J connectivity index is 1.71. The monoisotopic (exact) mass is 258 g/mol. The smallest absolute Gasteiger partial charge is 0.128 e. The molecular formula is C16H22N2O. The van der Waals surface area contributed by atoms with E-state index in [1.807, 2.05) is 0 Å². The fourth-order valence-corrected chi connectivity index (χ4v) is 2.85.